The Morgan fingerprint density at radius 2 is 2.00 bits per heavy atom. The van der Waals surface area contributed by atoms with E-state index in [-0.39, 0.29) is 12.6 Å². The van der Waals surface area contributed by atoms with Gasteiger partial charge < -0.3 is 23.2 Å². The molecule has 0 fully saturated rings. The van der Waals surface area contributed by atoms with Crippen LogP contribution in [0, 0.1) is 13.8 Å². The van der Waals surface area contributed by atoms with Gasteiger partial charge in [0.25, 0.3) is 0 Å². The molecule has 8 heteroatoms. The van der Waals surface area contributed by atoms with E-state index in [0.717, 1.165) is 27.7 Å². The lowest BCUT2D eigenvalue weighted by atomic mass is 10.2. The molecule has 7 nitrogen and oxygen atoms in total. The molecule has 4 rings (SSSR count). The number of furan rings is 1. The number of aryl methyl sites for hydroxylation is 1. The van der Waals surface area contributed by atoms with E-state index >= 15 is 0 Å². The number of carbonyl (C=O) groups is 1. The molecule has 0 aliphatic carbocycles. The van der Waals surface area contributed by atoms with E-state index in [9.17, 15) is 4.79 Å². The topological polar surface area (TPSA) is 75.7 Å². The average Bonchev–Trinajstić information content (AvgIpc) is 3.55. The minimum Gasteiger partial charge on any atom is -0.493 e. The molecule has 4 aromatic rings. The Morgan fingerprint density at radius 3 is 2.72 bits per heavy atom. The fraction of sp³-hybridized carbons (Fsp3) is 0.250. The summed E-state index contributed by atoms with van der Waals surface area (Å²) in [6.07, 6.45) is 1.64. The molecule has 0 spiro atoms. The zero-order valence-electron chi connectivity index (χ0n) is 18.4. The van der Waals surface area contributed by atoms with Gasteiger partial charge >= 0.3 is 5.97 Å². The number of methoxy groups -OCH3 is 2. The Labute approximate surface area is 190 Å². The predicted octanol–water partition coefficient (Wildman–Crippen LogP) is 5.24. The number of nitrogens with zero attached hydrogens (tertiary/aromatic N) is 2. The molecule has 0 aliphatic heterocycles. The van der Waals surface area contributed by atoms with Gasteiger partial charge in [-0.15, -0.1) is 11.3 Å². The number of aromatic nitrogens is 2. The van der Waals surface area contributed by atoms with Crippen molar-refractivity contribution < 1.29 is 23.4 Å². The van der Waals surface area contributed by atoms with Crippen LogP contribution in [0.3, 0.4) is 0 Å². The summed E-state index contributed by atoms with van der Waals surface area (Å²) in [7, 11) is 3.19. The Morgan fingerprint density at radius 1 is 1.16 bits per heavy atom. The maximum absolute atomic E-state index is 12.7. The molecular weight excluding hydrogens is 428 g/mol. The zero-order valence-corrected chi connectivity index (χ0v) is 19.2. The van der Waals surface area contributed by atoms with Gasteiger partial charge in [-0.2, -0.15) is 0 Å². The Bertz CT molecular complexity index is 1220. The van der Waals surface area contributed by atoms with Crippen molar-refractivity contribution in [1.82, 2.24) is 9.55 Å². The first-order valence-corrected chi connectivity index (χ1v) is 10.9. The van der Waals surface area contributed by atoms with Gasteiger partial charge in [-0.1, -0.05) is 6.07 Å². The molecule has 166 valence electrons. The SMILES string of the molecule is COc1cccc(-c2nc(COC(=O)c3cc(C)n(Cc4ccco4)c3C)cs2)c1OC. The molecule has 0 saturated heterocycles. The van der Waals surface area contributed by atoms with Crippen molar-refractivity contribution in [3.8, 4) is 22.1 Å². The van der Waals surface area contributed by atoms with Crippen LogP contribution in [-0.2, 0) is 17.9 Å². The molecule has 0 bridgehead atoms. The van der Waals surface area contributed by atoms with Crippen molar-refractivity contribution in [1.29, 1.82) is 0 Å². The number of ether oxygens (including phenoxy) is 3. The van der Waals surface area contributed by atoms with Crippen LogP contribution in [-0.4, -0.2) is 29.7 Å². The molecule has 0 saturated carbocycles. The summed E-state index contributed by atoms with van der Waals surface area (Å²) in [5.74, 6) is 1.71. The first-order chi connectivity index (χ1) is 15.5. The van der Waals surface area contributed by atoms with Gasteiger partial charge in [-0.25, -0.2) is 9.78 Å². The number of esters is 1. The van der Waals surface area contributed by atoms with E-state index in [1.54, 1.807) is 20.5 Å². The lowest BCUT2D eigenvalue weighted by Crippen LogP contribution is -2.08. The third-order valence-electron chi connectivity index (χ3n) is 5.22. The molecule has 3 aromatic heterocycles. The van der Waals surface area contributed by atoms with Crippen molar-refractivity contribution in [2.75, 3.05) is 14.2 Å². The number of benzene rings is 1. The molecule has 0 aliphatic rings. The third kappa shape index (κ3) is 4.27. The van der Waals surface area contributed by atoms with Crippen LogP contribution in [0.1, 0.15) is 33.2 Å². The van der Waals surface area contributed by atoms with E-state index in [1.165, 1.54) is 11.3 Å². The summed E-state index contributed by atoms with van der Waals surface area (Å²) in [6.45, 7) is 4.52. The minimum atomic E-state index is -0.377. The van der Waals surface area contributed by atoms with Crippen LogP contribution in [0.4, 0.5) is 0 Å². The fourth-order valence-electron chi connectivity index (χ4n) is 3.58. The first-order valence-electron chi connectivity index (χ1n) is 10.0. The van der Waals surface area contributed by atoms with Crippen LogP contribution in [0.2, 0.25) is 0 Å². The third-order valence-corrected chi connectivity index (χ3v) is 6.15. The maximum atomic E-state index is 12.7. The number of thiazole rings is 1. The minimum absolute atomic E-state index is 0.0868. The van der Waals surface area contributed by atoms with Crippen molar-refractivity contribution in [2.24, 2.45) is 0 Å². The highest BCUT2D eigenvalue weighted by Gasteiger charge is 2.19. The van der Waals surface area contributed by atoms with Crippen LogP contribution >= 0.6 is 11.3 Å². The Kier molecular flexibility index (Phi) is 6.32. The summed E-state index contributed by atoms with van der Waals surface area (Å²) >= 11 is 1.46. The van der Waals surface area contributed by atoms with Crippen molar-refractivity contribution in [2.45, 2.75) is 27.0 Å². The fourth-order valence-corrected chi connectivity index (χ4v) is 4.41. The summed E-state index contributed by atoms with van der Waals surface area (Å²) in [6, 6.07) is 11.2. The van der Waals surface area contributed by atoms with Gasteiger partial charge in [0.15, 0.2) is 11.5 Å². The highest BCUT2D eigenvalue weighted by Crippen LogP contribution is 2.39. The van der Waals surface area contributed by atoms with Gasteiger partial charge in [-0.05, 0) is 44.2 Å². The number of hydrogen-bond donors (Lipinski definition) is 0. The molecule has 1 aromatic carbocycles. The van der Waals surface area contributed by atoms with Crippen LogP contribution in [0.15, 0.2) is 52.5 Å². The maximum Gasteiger partial charge on any atom is 0.340 e. The lowest BCUT2D eigenvalue weighted by molar-refractivity contribution is 0.0467. The molecule has 0 amide bonds. The largest absolute Gasteiger partial charge is 0.493 e. The smallest absolute Gasteiger partial charge is 0.340 e. The van der Waals surface area contributed by atoms with E-state index in [0.29, 0.717) is 29.3 Å². The van der Waals surface area contributed by atoms with E-state index < -0.39 is 0 Å². The molecular formula is C24H24N2O5S. The molecule has 0 radical (unpaired) electrons. The average molecular weight is 453 g/mol. The lowest BCUT2D eigenvalue weighted by Gasteiger charge is -2.10. The van der Waals surface area contributed by atoms with Gasteiger partial charge in [-0.3, -0.25) is 0 Å². The summed E-state index contributed by atoms with van der Waals surface area (Å²) in [5, 5.41) is 2.64. The van der Waals surface area contributed by atoms with Crippen molar-refractivity contribution >= 4 is 17.3 Å². The van der Waals surface area contributed by atoms with Crippen molar-refractivity contribution in [3.63, 3.8) is 0 Å². The first kappa shape index (κ1) is 21.7. The quantitative estimate of drug-likeness (QED) is 0.340. The van der Waals surface area contributed by atoms with Gasteiger partial charge in [0, 0.05) is 16.8 Å². The summed E-state index contributed by atoms with van der Waals surface area (Å²) in [5.41, 5.74) is 3.85. The normalized spacial score (nSPS) is 10.9. The molecule has 0 N–H and O–H groups in total. The number of para-hydroxylation sites is 1. The number of hydrogen-bond acceptors (Lipinski definition) is 7. The second-order valence-corrected chi connectivity index (χ2v) is 8.07. The van der Waals surface area contributed by atoms with E-state index in [4.69, 9.17) is 18.6 Å². The van der Waals surface area contributed by atoms with Crippen molar-refractivity contribution in [3.05, 3.63) is 76.4 Å². The standard InChI is InChI=1S/C24H24N2O5S/c1-15-11-20(16(2)26(15)12-18-7-6-10-30-18)24(27)31-13-17-14-32-23(25-17)19-8-5-9-21(28-3)22(19)29-4/h5-11,14H,12-13H2,1-4H3. The molecule has 0 atom stereocenters. The number of rotatable bonds is 8. The van der Waals surface area contributed by atoms with Crippen LogP contribution in [0.25, 0.3) is 10.6 Å². The second-order valence-electron chi connectivity index (χ2n) is 7.21. The monoisotopic (exact) mass is 452 g/mol. The van der Waals surface area contributed by atoms with E-state index in [2.05, 4.69) is 4.98 Å². The predicted molar refractivity (Wildman–Crippen MR) is 121 cm³/mol. The highest BCUT2D eigenvalue weighted by molar-refractivity contribution is 7.13. The summed E-state index contributed by atoms with van der Waals surface area (Å²) < 4.78 is 23.9. The molecule has 0 unspecified atom stereocenters. The van der Waals surface area contributed by atoms with Gasteiger partial charge in [0.1, 0.15) is 17.4 Å². The van der Waals surface area contributed by atoms with Crippen LogP contribution in [0.5, 0.6) is 11.5 Å². The van der Waals surface area contributed by atoms with E-state index in [1.807, 2.05) is 60.2 Å². The van der Waals surface area contributed by atoms with Gasteiger partial charge in [0.2, 0.25) is 0 Å². The zero-order chi connectivity index (χ0) is 22.7. The highest BCUT2D eigenvalue weighted by atomic mass is 32.1. The second kappa shape index (κ2) is 9.32. The van der Waals surface area contributed by atoms with Crippen LogP contribution < -0.4 is 9.47 Å². The Balaban J connectivity index is 1.47. The number of carbonyl (C=O) groups excluding carboxylic acids is 1. The van der Waals surface area contributed by atoms with Gasteiger partial charge in [0.05, 0.1) is 43.8 Å². The Hall–Kier alpha value is -3.52. The summed E-state index contributed by atoms with van der Waals surface area (Å²) in [4.78, 5) is 17.4. The molecule has 32 heavy (non-hydrogen) atoms. The molecule has 3 heterocycles.